The number of rotatable bonds is 6. The fourth-order valence-corrected chi connectivity index (χ4v) is 3.45. The molecule has 1 aliphatic rings. The standard InChI is InChI=1S/C18H27BrN2O/c1-4-21(18(22)15-7-9-16(19)10-8-15)17(14(2)3)13-20-11-5-6-12-20/h7-10,14,17H,4-6,11-13H2,1-3H3/t17-/m1/s1. The molecule has 3 nitrogen and oxygen atoms in total. The molecule has 1 heterocycles. The van der Waals surface area contributed by atoms with Gasteiger partial charge >= 0.3 is 0 Å². The predicted molar refractivity (Wildman–Crippen MR) is 95.2 cm³/mol. The molecule has 4 heteroatoms. The van der Waals surface area contributed by atoms with Crippen LogP contribution >= 0.6 is 15.9 Å². The zero-order chi connectivity index (χ0) is 16.1. The van der Waals surface area contributed by atoms with Crippen LogP contribution in [0.3, 0.4) is 0 Å². The van der Waals surface area contributed by atoms with Gasteiger partial charge in [-0.05, 0) is 63.0 Å². The van der Waals surface area contributed by atoms with Crippen LogP contribution in [0.2, 0.25) is 0 Å². The van der Waals surface area contributed by atoms with Gasteiger partial charge in [-0.1, -0.05) is 29.8 Å². The second kappa shape index (κ2) is 8.11. The molecule has 2 rings (SSSR count). The molecule has 1 aliphatic heterocycles. The first-order valence-electron chi connectivity index (χ1n) is 8.31. The topological polar surface area (TPSA) is 23.6 Å². The van der Waals surface area contributed by atoms with E-state index in [9.17, 15) is 4.79 Å². The number of carbonyl (C=O) groups excluding carboxylic acids is 1. The van der Waals surface area contributed by atoms with E-state index in [2.05, 4.69) is 41.6 Å². The van der Waals surface area contributed by atoms with Gasteiger partial charge in [0.2, 0.25) is 0 Å². The summed E-state index contributed by atoms with van der Waals surface area (Å²) in [7, 11) is 0. The van der Waals surface area contributed by atoms with Gasteiger partial charge in [-0.25, -0.2) is 0 Å². The van der Waals surface area contributed by atoms with Crippen molar-refractivity contribution in [3.05, 3.63) is 34.3 Å². The lowest BCUT2D eigenvalue weighted by Gasteiger charge is -2.36. The molecule has 1 aromatic rings. The van der Waals surface area contributed by atoms with Gasteiger partial charge in [0.1, 0.15) is 0 Å². The number of carbonyl (C=O) groups is 1. The van der Waals surface area contributed by atoms with E-state index in [4.69, 9.17) is 0 Å². The Balaban J connectivity index is 2.14. The molecule has 0 N–H and O–H groups in total. The number of amides is 1. The number of likely N-dealkylation sites (tertiary alicyclic amines) is 1. The highest BCUT2D eigenvalue weighted by atomic mass is 79.9. The number of hydrogen-bond donors (Lipinski definition) is 0. The minimum atomic E-state index is 0.146. The van der Waals surface area contributed by atoms with Gasteiger partial charge in [0.15, 0.2) is 0 Å². The summed E-state index contributed by atoms with van der Waals surface area (Å²) in [5.41, 5.74) is 0.775. The molecule has 0 aromatic heterocycles. The second-order valence-corrected chi connectivity index (χ2v) is 7.33. The molecule has 1 saturated heterocycles. The van der Waals surface area contributed by atoms with E-state index >= 15 is 0 Å². The molecule has 0 bridgehead atoms. The summed E-state index contributed by atoms with van der Waals surface area (Å²) < 4.78 is 1.00. The summed E-state index contributed by atoms with van der Waals surface area (Å²) in [6.45, 7) is 10.6. The summed E-state index contributed by atoms with van der Waals surface area (Å²) in [6.07, 6.45) is 2.58. The molecule has 0 unspecified atom stereocenters. The predicted octanol–water partition coefficient (Wildman–Crippen LogP) is 4.03. The smallest absolute Gasteiger partial charge is 0.254 e. The van der Waals surface area contributed by atoms with Gasteiger partial charge in [0.05, 0.1) is 0 Å². The van der Waals surface area contributed by atoms with Crippen molar-refractivity contribution < 1.29 is 4.79 Å². The SMILES string of the molecule is CCN(C(=O)c1ccc(Br)cc1)[C@H](CN1CCCC1)C(C)C. The maximum atomic E-state index is 12.9. The van der Waals surface area contributed by atoms with Crippen molar-refractivity contribution in [1.29, 1.82) is 0 Å². The average Bonchev–Trinajstić information content (AvgIpc) is 3.00. The largest absolute Gasteiger partial charge is 0.334 e. The van der Waals surface area contributed by atoms with Crippen LogP contribution in [-0.2, 0) is 0 Å². The van der Waals surface area contributed by atoms with E-state index in [0.717, 1.165) is 23.1 Å². The van der Waals surface area contributed by atoms with E-state index in [1.807, 2.05) is 29.2 Å². The first kappa shape index (κ1) is 17.5. The number of nitrogens with zero attached hydrogens (tertiary/aromatic N) is 2. The van der Waals surface area contributed by atoms with Gasteiger partial charge in [0, 0.05) is 29.2 Å². The molecule has 0 radical (unpaired) electrons. The maximum absolute atomic E-state index is 12.9. The lowest BCUT2D eigenvalue weighted by atomic mass is 10.0. The monoisotopic (exact) mass is 366 g/mol. The molecule has 0 aliphatic carbocycles. The first-order valence-corrected chi connectivity index (χ1v) is 9.11. The molecule has 0 saturated carbocycles. The first-order chi connectivity index (χ1) is 10.5. The molecular formula is C18H27BrN2O. The van der Waals surface area contributed by atoms with Crippen LogP contribution in [0.5, 0.6) is 0 Å². The van der Waals surface area contributed by atoms with Crippen molar-refractivity contribution in [2.24, 2.45) is 5.92 Å². The molecule has 22 heavy (non-hydrogen) atoms. The Labute approximate surface area is 142 Å². The Morgan fingerprint density at radius 2 is 1.82 bits per heavy atom. The van der Waals surface area contributed by atoms with E-state index < -0.39 is 0 Å². The summed E-state index contributed by atoms with van der Waals surface area (Å²) in [5, 5.41) is 0. The number of benzene rings is 1. The van der Waals surface area contributed by atoms with E-state index in [0.29, 0.717) is 5.92 Å². The van der Waals surface area contributed by atoms with Gasteiger partial charge in [-0.3, -0.25) is 4.79 Å². The average molecular weight is 367 g/mol. The van der Waals surface area contributed by atoms with Crippen molar-refractivity contribution in [3.63, 3.8) is 0 Å². The molecular weight excluding hydrogens is 340 g/mol. The van der Waals surface area contributed by atoms with Crippen LogP contribution in [0, 0.1) is 5.92 Å². The van der Waals surface area contributed by atoms with Gasteiger partial charge in [-0.15, -0.1) is 0 Å². The van der Waals surface area contributed by atoms with E-state index in [1.54, 1.807) is 0 Å². The summed E-state index contributed by atoms with van der Waals surface area (Å²) in [5.74, 6) is 0.604. The fraction of sp³-hybridized carbons (Fsp3) is 0.611. The van der Waals surface area contributed by atoms with Crippen molar-refractivity contribution in [3.8, 4) is 0 Å². The number of halogens is 1. The highest BCUT2D eigenvalue weighted by molar-refractivity contribution is 9.10. The zero-order valence-corrected chi connectivity index (χ0v) is 15.5. The highest BCUT2D eigenvalue weighted by Gasteiger charge is 2.28. The van der Waals surface area contributed by atoms with Gasteiger partial charge < -0.3 is 9.80 Å². The van der Waals surface area contributed by atoms with Crippen LogP contribution in [0.1, 0.15) is 44.0 Å². The third-order valence-corrected chi connectivity index (χ3v) is 5.04. The third kappa shape index (κ3) is 4.32. The molecule has 1 amide bonds. The number of hydrogen-bond acceptors (Lipinski definition) is 2. The summed E-state index contributed by atoms with van der Waals surface area (Å²) >= 11 is 3.43. The van der Waals surface area contributed by atoms with Crippen LogP contribution in [-0.4, -0.2) is 47.9 Å². The normalized spacial score (nSPS) is 17.0. The third-order valence-electron chi connectivity index (χ3n) is 4.51. The Hall–Kier alpha value is -0.870. The highest BCUT2D eigenvalue weighted by Crippen LogP contribution is 2.19. The Kier molecular flexibility index (Phi) is 6.45. The summed E-state index contributed by atoms with van der Waals surface area (Å²) in [6, 6.07) is 7.96. The molecule has 122 valence electrons. The van der Waals surface area contributed by atoms with Crippen LogP contribution in [0.15, 0.2) is 28.7 Å². The van der Waals surface area contributed by atoms with Crippen LogP contribution < -0.4 is 0 Å². The Morgan fingerprint density at radius 1 is 1.23 bits per heavy atom. The summed E-state index contributed by atoms with van der Waals surface area (Å²) in [4.78, 5) is 17.4. The molecule has 1 aromatic carbocycles. The van der Waals surface area contributed by atoms with Crippen LogP contribution in [0.25, 0.3) is 0 Å². The van der Waals surface area contributed by atoms with Crippen molar-refractivity contribution in [2.45, 2.75) is 39.7 Å². The maximum Gasteiger partial charge on any atom is 0.254 e. The lowest BCUT2D eigenvalue weighted by molar-refractivity contribution is 0.0585. The minimum absolute atomic E-state index is 0.146. The minimum Gasteiger partial charge on any atom is -0.334 e. The molecule has 1 fully saturated rings. The lowest BCUT2D eigenvalue weighted by Crippen LogP contribution is -2.49. The zero-order valence-electron chi connectivity index (χ0n) is 13.9. The van der Waals surface area contributed by atoms with Crippen molar-refractivity contribution >= 4 is 21.8 Å². The van der Waals surface area contributed by atoms with Crippen LogP contribution in [0.4, 0.5) is 0 Å². The van der Waals surface area contributed by atoms with Gasteiger partial charge in [-0.2, -0.15) is 0 Å². The quantitative estimate of drug-likeness (QED) is 0.758. The molecule has 0 spiro atoms. The van der Waals surface area contributed by atoms with Gasteiger partial charge in [0.25, 0.3) is 5.91 Å². The number of likely N-dealkylation sites (N-methyl/N-ethyl adjacent to an activating group) is 1. The second-order valence-electron chi connectivity index (χ2n) is 6.42. The van der Waals surface area contributed by atoms with Crippen molar-refractivity contribution in [1.82, 2.24) is 9.80 Å². The van der Waals surface area contributed by atoms with E-state index in [-0.39, 0.29) is 11.9 Å². The van der Waals surface area contributed by atoms with E-state index in [1.165, 1.54) is 25.9 Å². The fourth-order valence-electron chi connectivity index (χ4n) is 3.19. The Bertz CT molecular complexity index is 480. The van der Waals surface area contributed by atoms with Crippen molar-refractivity contribution in [2.75, 3.05) is 26.2 Å². The molecule has 1 atom stereocenters. The Morgan fingerprint density at radius 3 is 2.32 bits per heavy atom.